The zero-order valence-electron chi connectivity index (χ0n) is 15.4. The summed E-state index contributed by atoms with van der Waals surface area (Å²) < 4.78 is 11.2. The van der Waals surface area contributed by atoms with Crippen LogP contribution in [-0.4, -0.2) is 25.8 Å². The highest BCUT2D eigenvalue weighted by atomic mass is 16.7. The summed E-state index contributed by atoms with van der Waals surface area (Å²) in [6, 6.07) is 0. The standard InChI is InChI=1S/C21H36O3/c22-18-14-11-9-7-5-3-1-2-4-6-8-10-12-15-19-23-21-17-13-16-20-24-21/h18,21H,1-7,9,11-17,19-20H2. The van der Waals surface area contributed by atoms with Crippen LogP contribution in [0.5, 0.6) is 0 Å². The fraction of sp³-hybridized carbons (Fsp3) is 0.857. The van der Waals surface area contributed by atoms with Gasteiger partial charge in [-0.3, -0.25) is 0 Å². The lowest BCUT2D eigenvalue weighted by atomic mass is 10.1. The Morgan fingerprint density at radius 2 is 1.54 bits per heavy atom. The molecule has 1 aliphatic rings. The number of ether oxygens (including phenoxy) is 2. The molecule has 0 amide bonds. The van der Waals surface area contributed by atoms with Gasteiger partial charge in [0, 0.05) is 25.9 Å². The molecule has 3 heteroatoms. The first-order valence-electron chi connectivity index (χ1n) is 10.1. The Bertz CT molecular complexity index is 337. The van der Waals surface area contributed by atoms with Gasteiger partial charge in [-0.1, -0.05) is 38.5 Å². The van der Waals surface area contributed by atoms with Crippen molar-refractivity contribution in [3.05, 3.63) is 0 Å². The quantitative estimate of drug-likeness (QED) is 0.242. The summed E-state index contributed by atoms with van der Waals surface area (Å²) in [5.41, 5.74) is 0. The maximum Gasteiger partial charge on any atom is 0.157 e. The third-order valence-corrected chi connectivity index (χ3v) is 4.39. The number of hydrogen-bond donors (Lipinski definition) is 0. The van der Waals surface area contributed by atoms with Gasteiger partial charge in [-0.05, 0) is 38.5 Å². The SMILES string of the molecule is O=CCCCCCCCCCCC#CCCCOC1CCCCO1. The number of aldehydes is 1. The fourth-order valence-electron chi connectivity index (χ4n) is 2.90. The molecule has 0 radical (unpaired) electrons. The van der Waals surface area contributed by atoms with Crippen molar-refractivity contribution in [2.24, 2.45) is 0 Å². The summed E-state index contributed by atoms with van der Waals surface area (Å²) >= 11 is 0. The van der Waals surface area contributed by atoms with E-state index in [1.54, 1.807) is 0 Å². The number of carbonyl (C=O) groups is 1. The van der Waals surface area contributed by atoms with E-state index >= 15 is 0 Å². The molecular formula is C21H36O3. The van der Waals surface area contributed by atoms with Crippen molar-refractivity contribution in [2.75, 3.05) is 13.2 Å². The molecule has 1 saturated heterocycles. The van der Waals surface area contributed by atoms with E-state index in [1.807, 2.05) is 0 Å². The molecule has 1 unspecified atom stereocenters. The monoisotopic (exact) mass is 336 g/mol. The van der Waals surface area contributed by atoms with Crippen LogP contribution in [0.2, 0.25) is 0 Å². The Morgan fingerprint density at radius 1 is 0.875 bits per heavy atom. The van der Waals surface area contributed by atoms with Gasteiger partial charge in [0.15, 0.2) is 6.29 Å². The van der Waals surface area contributed by atoms with Crippen molar-refractivity contribution in [2.45, 2.75) is 103 Å². The summed E-state index contributed by atoms with van der Waals surface area (Å²) in [7, 11) is 0. The normalized spacial score (nSPS) is 17.2. The van der Waals surface area contributed by atoms with Crippen LogP contribution in [-0.2, 0) is 14.3 Å². The van der Waals surface area contributed by atoms with Crippen molar-refractivity contribution in [3.63, 3.8) is 0 Å². The minimum Gasteiger partial charge on any atom is -0.353 e. The largest absolute Gasteiger partial charge is 0.353 e. The lowest BCUT2D eigenvalue weighted by Gasteiger charge is -2.22. The number of unbranched alkanes of at least 4 members (excludes halogenated alkanes) is 10. The molecule has 0 bridgehead atoms. The van der Waals surface area contributed by atoms with E-state index in [1.165, 1.54) is 57.8 Å². The lowest BCUT2D eigenvalue weighted by molar-refractivity contribution is -0.162. The molecule has 138 valence electrons. The van der Waals surface area contributed by atoms with E-state index in [2.05, 4.69) is 11.8 Å². The second-order valence-corrected chi connectivity index (χ2v) is 6.66. The molecule has 1 aliphatic heterocycles. The molecule has 1 heterocycles. The Balaban J connectivity index is 1.75. The summed E-state index contributed by atoms with van der Waals surface area (Å²) in [5.74, 6) is 6.53. The zero-order valence-corrected chi connectivity index (χ0v) is 15.4. The minimum absolute atomic E-state index is 0.0386. The van der Waals surface area contributed by atoms with Gasteiger partial charge >= 0.3 is 0 Å². The Kier molecular flexibility index (Phi) is 15.0. The van der Waals surface area contributed by atoms with Gasteiger partial charge in [0.2, 0.25) is 0 Å². The molecule has 0 aromatic heterocycles. The average Bonchev–Trinajstić information content (AvgIpc) is 2.62. The van der Waals surface area contributed by atoms with E-state index in [9.17, 15) is 4.79 Å². The van der Waals surface area contributed by atoms with Gasteiger partial charge in [-0.2, -0.15) is 0 Å². The molecule has 0 saturated carbocycles. The first kappa shape index (κ1) is 21.2. The van der Waals surface area contributed by atoms with Crippen LogP contribution in [0.15, 0.2) is 0 Å². The summed E-state index contributed by atoms with van der Waals surface area (Å²) in [6.07, 6.45) is 18.3. The number of rotatable bonds is 14. The molecule has 0 aromatic carbocycles. The van der Waals surface area contributed by atoms with Crippen LogP contribution < -0.4 is 0 Å². The van der Waals surface area contributed by atoms with Crippen molar-refractivity contribution in [1.29, 1.82) is 0 Å². The van der Waals surface area contributed by atoms with E-state index in [-0.39, 0.29) is 6.29 Å². The van der Waals surface area contributed by atoms with Crippen LogP contribution in [0.1, 0.15) is 96.3 Å². The first-order valence-corrected chi connectivity index (χ1v) is 10.1. The van der Waals surface area contributed by atoms with Crippen LogP contribution in [0.25, 0.3) is 0 Å². The second kappa shape index (κ2) is 17.0. The molecule has 3 nitrogen and oxygen atoms in total. The smallest absolute Gasteiger partial charge is 0.157 e. The van der Waals surface area contributed by atoms with Gasteiger partial charge in [0.05, 0.1) is 6.61 Å². The van der Waals surface area contributed by atoms with Gasteiger partial charge in [0.25, 0.3) is 0 Å². The molecular weight excluding hydrogens is 300 g/mol. The maximum absolute atomic E-state index is 10.2. The third kappa shape index (κ3) is 13.6. The van der Waals surface area contributed by atoms with Crippen molar-refractivity contribution in [3.8, 4) is 11.8 Å². The third-order valence-electron chi connectivity index (χ3n) is 4.39. The molecule has 0 aliphatic carbocycles. The van der Waals surface area contributed by atoms with Crippen LogP contribution in [0.3, 0.4) is 0 Å². The molecule has 0 aromatic rings. The van der Waals surface area contributed by atoms with Crippen molar-refractivity contribution < 1.29 is 14.3 Å². The van der Waals surface area contributed by atoms with Gasteiger partial charge in [0.1, 0.15) is 6.29 Å². The summed E-state index contributed by atoms with van der Waals surface area (Å²) in [4.78, 5) is 10.2. The Hall–Kier alpha value is -0.850. The van der Waals surface area contributed by atoms with E-state index < -0.39 is 0 Å². The van der Waals surface area contributed by atoms with E-state index in [0.29, 0.717) is 0 Å². The van der Waals surface area contributed by atoms with Crippen LogP contribution in [0.4, 0.5) is 0 Å². The van der Waals surface area contributed by atoms with E-state index in [0.717, 1.165) is 58.0 Å². The molecule has 0 N–H and O–H groups in total. The van der Waals surface area contributed by atoms with Crippen molar-refractivity contribution in [1.82, 2.24) is 0 Å². The highest BCUT2D eigenvalue weighted by Gasteiger charge is 2.12. The predicted octanol–water partition coefficient (Wildman–Crippen LogP) is 5.41. The van der Waals surface area contributed by atoms with Gasteiger partial charge in [-0.15, -0.1) is 11.8 Å². The highest BCUT2D eigenvalue weighted by molar-refractivity contribution is 5.48. The number of carbonyl (C=O) groups excluding carboxylic acids is 1. The molecule has 1 atom stereocenters. The predicted molar refractivity (Wildman–Crippen MR) is 98.8 cm³/mol. The van der Waals surface area contributed by atoms with Gasteiger partial charge in [-0.25, -0.2) is 0 Å². The van der Waals surface area contributed by atoms with Gasteiger partial charge < -0.3 is 14.3 Å². The highest BCUT2D eigenvalue weighted by Crippen LogP contribution is 2.14. The molecule has 0 spiro atoms. The summed E-state index contributed by atoms with van der Waals surface area (Å²) in [5, 5.41) is 0. The van der Waals surface area contributed by atoms with Crippen LogP contribution >= 0.6 is 0 Å². The zero-order chi connectivity index (χ0) is 17.1. The lowest BCUT2D eigenvalue weighted by Crippen LogP contribution is -2.22. The maximum atomic E-state index is 10.2. The molecule has 1 rings (SSSR count). The first-order chi connectivity index (χ1) is 11.9. The Labute approximate surface area is 148 Å². The average molecular weight is 337 g/mol. The Morgan fingerprint density at radius 3 is 2.21 bits per heavy atom. The number of hydrogen-bond acceptors (Lipinski definition) is 3. The second-order valence-electron chi connectivity index (χ2n) is 6.66. The topological polar surface area (TPSA) is 35.5 Å². The molecule has 1 fully saturated rings. The minimum atomic E-state index is 0.0386. The fourth-order valence-corrected chi connectivity index (χ4v) is 2.90. The van der Waals surface area contributed by atoms with E-state index in [4.69, 9.17) is 9.47 Å². The van der Waals surface area contributed by atoms with Crippen molar-refractivity contribution >= 4 is 6.29 Å². The van der Waals surface area contributed by atoms with Crippen LogP contribution in [0, 0.1) is 11.8 Å². The summed E-state index contributed by atoms with van der Waals surface area (Å²) in [6.45, 7) is 1.62. The molecule has 24 heavy (non-hydrogen) atoms.